The molecule has 0 unspecified atom stereocenters. The second-order valence-electron chi connectivity index (χ2n) is 6.28. The largest absolute Gasteiger partial charge is 0.484 e. The number of carboxylic acids is 1. The maximum absolute atomic E-state index is 11.7. The van der Waals surface area contributed by atoms with Gasteiger partial charge in [0.05, 0.1) is 17.6 Å². The van der Waals surface area contributed by atoms with E-state index in [-0.39, 0.29) is 11.3 Å². The molecule has 0 radical (unpaired) electrons. The molecule has 0 saturated carbocycles. The van der Waals surface area contributed by atoms with Crippen LogP contribution in [-0.2, 0) is 14.3 Å². The predicted octanol–water partition coefficient (Wildman–Crippen LogP) is 1.74. The number of nitro groups is 1. The standard InChI is InChI=1S/C16H20N2O9/c1-16(2,3)27-15(22)17-10(13(19)20)8-26-12-6-5-9(14(21)25-4)7-11(12)18(23)24/h5-7,10H,8H2,1-4H3,(H,17,22)(H,19,20)/t10-/m0/s1. The maximum atomic E-state index is 11.7. The molecule has 0 aliphatic rings. The number of alkyl carbamates (subject to hydrolysis) is 1. The summed E-state index contributed by atoms with van der Waals surface area (Å²) in [5.41, 5.74) is -1.46. The number of methoxy groups -OCH3 is 1. The van der Waals surface area contributed by atoms with Gasteiger partial charge in [-0.25, -0.2) is 14.4 Å². The molecule has 0 fully saturated rings. The predicted molar refractivity (Wildman–Crippen MR) is 90.7 cm³/mol. The molecular weight excluding hydrogens is 364 g/mol. The number of nitro benzene ring substituents is 1. The average molecular weight is 384 g/mol. The van der Waals surface area contributed by atoms with Crippen molar-refractivity contribution in [1.29, 1.82) is 0 Å². The van der Waals surface area contributed by atoms with Crippen molar-refractivity contribution in [3.8, 4) is 5.75 Å². The van der Waals surface area contributed by atoms with Crippen molar-refractivity contribution in [2.24, 2.45) is 0 Å². The van der Waals surface area contributed by atoms with Gasteiger partial charge in [0.2, 0.25) is 0 Å². The van der Waals surface area contributed by atoms with Crippen LogP contribution in [0.15, 0.2) is 18.2 Å². The molecule has 0 aliphatic carbocycles. The lowest BCUT2D eigenvalue weighted by atomic mass is 10.2. The van der Waals surface area contributed by atoms with Gasteiger partial charge in [0.15, 0.2) is 11.8 Å². The maximum Gasteiger partial charge on any atom is 0.408 e. The molecule has 2 N–H and O–H groups in total. The highest BCUT2D eigenvalue weighted by atomic mass is 16.6. The van der Waals surface area contributed by atoms with Crippen molar-refractivity contribution in [2.75, 3.05) is 13.7 Å². The van der Waals surface area contributed by atoms with Gasteiger partial charge in [-0.15, -0.1) is 0 Å². The van der Waals surface area contributed by atoms with Crippen LogP contribution in [0.3, 0.4) is 0 Å². The second kappa shape index (κ2) is 8.83. The fourth-order valence-corrected chi connectivity index (χ4v) is 1.82. The number of rotatable bonds is 7. The summed E-state index contributed by atoms with van der Waals surface area (Å²) in [4.78, 5) is 44.8. The molecule has 1 aromatic carbocycles. The van der Waals surface area contributed by atoms with Gasteiger partial charge >= 0.3 is 23.7 Å². The van der Waals surface area contributed by atoms with E-state index in [1.54, 1.807) is 20.8 Å². The highest BCUT2D eigenvalue weighted by molar-refractivity contribution is 5.90. The Morgan fingerprint density at radius 2 is 1.93 bits per heavy atom. The SMILES string of the molecule is COC(=O)c1ccc(OC[C@H](NC(=O)OC(C)(C)C)C(=O)O)c([N+](=O)[O-])c1. The first-order valence-electron chi connectivity index (χ1n) is 7.66. The van der Waals surface area contributed by atoms with E-state index in [0.717, 1.165) is 19.2 Å². The lowest BCUT2D eigenvalue weighted by molar-refractivity contribution is -0.385. The van der Waals surface area contributed by atoms with E-state index in [0.29, 0.717) is 0 Å². The van der Waals surface area contributed by atoms with Crippen LogP contribution in [0.25, 0.3) is 0 Å². The monoisotopic (exact) mass is 384 g/mol. The van der Waals surface area contributed by atoms with Gasteiger partial charge in [-0.05, 0) is 32.9 Å². The first-order chi connectivity index (χ1) is 12.4. The van der Waals surface area contributed by atoms with E-state index in [1.165, 1.54) is 6.07 Å². The Bertz CT molecular complexity index is 740. The number of aliphatic carboxylic acids is 1. The molecule has 0 aromatic heterocycles. The van der Waals surface area contributed by atoms with Gasteiger partial charge in [0, 0.05) is 6.07 Å². The lowest BCUT2D eigenvalue weighted by Gasteiger charge is -2.22. The van der Waals surface area contributed by atoms with Crippen LogP contribution in [0.4, 0.5) is 10.5 Å². The molecule has 1 amide bonds. The van der Waals surface area contributed by atoms with Gasteiger partial charge < -0.3 is 24.6 Å². The van der Waals surface area contributed by atoms with Gasteiger partial charge in [-0.2, -0.15) is 0 Å². The van der Waals surface area contributed by atoms with Crippen molar-refractivity contribution in [3.05, 3.63) is 33.9 Å². The fraction of sp³-hybridized carbons (Fsp3) is 0.438. The summed E-state index contributed by atoms with van der Waals surface area (Å²) < 4.78 is 14.6. The number of esters is 1. The van der Waals surface area contributed by atoms with Crippen LogP contribution in [-0.4, -0.2) is 53.4 Å². The molecule has 27 heavy (non-hydrogen) atoms. The Hall–Kier alpha value is -3.37. The minimum absolute atomic E-state index is 0.0711. The molecular formula is C16H20N2O9. The summed E-state index contributed by atoms with van der Waals surface area (Å²) >= 11 is 0. The van der Waals surface area contributed by atoms with Crippen molar-refractivity contribution < 1.29 is 38.6 Å². The quantitative estimate of drug-likeness (QED) is 0.406. The smallest absolute Gasteiger partial charge is 0.408 e. The van der Waals surface area contributed by atoms with E-state index in [1.807, 2.05) is 0 Å². The topological polar surface area (TPSA) is 154 Å². The number of nitrogens with zero attached hydrogens (tertiary/aromatic N) is 1. The van der Waals surface area contributed by atoms with Gasteiger partial charge in [0.25, 0.3) is 0 Å². The average Bonchev–Trinajstić information content (AvgIpc) is 2.55. The summed E-state index contributed by atoms with van der Waals surface area (Å²) in [5, 5.41) is 22.4. The van der Waals surface area contributed by atoms with E-state index in [2.05, 4.69) is 10.1 Å². The number of amides is 1. The van der Waals surface area contributed by atoms with Crippen molar-refractivity contribution in [1.82, 2.24) is 5.32 Å². The van der Waals surface area contributed by atoms with Crippen LogP contribution in [0.5, 0.6) is 5.75 Å². The van der Waals surface area contributed by atoms with Crippen LogP contribution < -0.4 is 10.1 Å². The molecule has 0 bridgehead atoms. The Morgan fingerprint density at radius 1 is 1.30 bits per heavy atom. The zero-order chi connectivity index (χ0) is 20.8. The molecule has 0 saturated heterocycles. The summed E-state index contributed by atoms with van der Waals surface area (Å²) in [7, 11) is 1.12. The molecule has 11 nitrogen and oxygen atoms in total. The molecule has 1 aromatic rings. The number of carboxylic acid groups (broad SMARTS) is 1. The van der Waals surface area contributed by atoms with Crippen LogP contribution in [0.1, 0.15) is 31.1 Å². The Morgan fingerprint density at radius 3 is 2.41 bits per heavy atom. The van der Waals surface area contributed by atoms with Crippen LogP contribution in [0.2, 0.25) is 0 Å². The Labute approximate surface area is 154 Å². The highest BCUT2D eigenvalue weighted by Gasteiger charge is 2.26. The Kier molecular flexibility index (Phi) is 7.09. The zero-order valence-electron chi connectivity index (χ0n) is 15.2. The van der Waals surface area contributed by atoms with E-state index >= 15 is 0 Å². The lowest BCUT2D eigenvalue weighted by Crippen LogP contribution is -2.46. The third-order valence-electron chi connectivity index (χ3n) is 2.97. The first kappa shape index (κ1) is 21.7. The third kappa shape index (κ3) is 6.80. The van der Waals surface area contributed by atoms with Crippen molar-refractivity contribution in [2.45, 2.75) is 32.4 Å². The summed E-state index contributed by atoms with van der Waals surface area (Å²) in [6.07, 6.45) is -0.978. The molecule has 0 aliphatic heterocycles. The zero-order valence-corrected chi connectivity index (χ0v) is 15.2. The van der Waals surface area contributed by atoms with E-state index in [4.69, 9.17) is 9.47 Å². The number of ether oxygens (including phenoxy) is 3. The van der Waals surface area contributed by atoms with Crippen LogP contribution in [0, 0.1) is 10.1 Å². The number of carbonyl (C=O) groups excluding carboxylic acids is 2. The molecule has 148 valence electrons. The van der Waals surface area contributed by atoms with Crippen molar-refractivity contribution >= 4 is 23.7 Å². The van der Waals surface area contributed by atoms with Gasteiger partial charge in [0.1, 0.15) is 12.2 Å². The van der Waals surface area contributed by atoms with Crippen molar-refractivity contribution in [3.63, 3.8) is 0 Å². The summed E-state index contributed by atoms with van der Waals surface area (Å²) in [5.74, 6) is -2.47. The first-order valence-corrected chi connectivity index (χ1v) is 7.66. The minimum Gasteiger partial charge on any atom is -0.484 e. The van der Waals surface area contributed by atoms with E-state index in [9.17, 15) is 29.6 Å². The molecule has 1 rings (SSSR count). The summed E-state index contributed by atoms with van der Waals surface area (Å²) in [6, 6.07) is 1.79. The second-order valence-corrected chi connectivity index (χ2v) is 6.28. The number of nitrogens with one attached hydrogen (secondary N) is 1. The molecule has 1 atom stereocenters. The minimum atomic E-state index is -1.51. The number of benzene rings is 1. The molecule has 11 heteroatoms. The Balaban J connectivity index is 2.92. The molecule has 0 spiro atoms. The third-order valence-corrected chi connectivity index (χ3v) is 2.97. The highest BCUT2D eigenvalue weighted by Crippen LogP contribution is 2.28. The summed E-state index contributed by atoms with van der Waals surface area (Å²) in [6.45, 7) is 4.20. The number of hydrogen-bond donors (Lipinski definition) is 2. The normalized spacial score (nSPS) is 11.9. The molecule has 0 heterocycles. The number of carbonyl (C=O) groups is 3. The fourth-order valence-electron chi connectivity index (χ4n) is 1.82. The van der Waals surface area contributed by atoms with Crippen LogP contribution >= 0.6 is 0 Å². The number of hydrogen-bond acceptors (Lipinski definition) is 8. The van der Waals surface area contributed by atoms with E-state index < -0.39 is 46.9 Å². The van der Waals surface area contributed by atoms with Gasteiger partial charge in [-0.1, -0.05) is 0 Å². The van der Waals surface area contributed by atoms with Gasteiger partial charge in [-0.3, -0.25) is 10.1 Å².